The second-order valence-electron chi connectivity index (χ2n) is 9.33. The summed E-state index contributed by atoms with van der Waals surface area (Å²) in [5, 5.41) is 0. The molecule has 37 heavy (non-hydrogen) atoms. The molecule has 0 aliphatic carbocycles. The van der Waals surface area contributed by atoms with Crippen molar-refractivity contribution in [3.05, 3.63) is 69.9 Å². The van der Waals surface area contributed by atoms with Crippen LogP contribution in [0.5, 0.6) is 0 Å². The molecule has 0 spiro atoms. The van der Waals surface area contributed by atoms with Crippen LogP contribution in [0.3, 0.4) is 0 Å². The second kappa shape index (κ2) is 13.5. The average Bonchev–Trinajstić information content (AvgIpc) is 2.87. The second-order valence-corrected chi connectivity index (χ2v) is 12.3. The molecule has 1 saturated heterocycles. The van der Waals surface area contributed by atoms with Gasteiger partial charge in [-0.05, 0) is 61.6 Å². The minimum absolute atomic E-state index is 0.00561. The van der Waals surface area contributed by atoms with Gasteiger partial charge in [0, 0.05) is 42.3 Å². The monoisotopic (exact) mass is 595 g/mol. The van der Waals surface area contributed by atoms with Gasteiger partial charge in [-0.2, -0.15) is 4.31 Å². The number of rotatable bonds is 11. The predicted molar refractivity (Wildman–Crippen MR) is 146 cm³/mol. The normalized spacial score (nSPS) is 14.7. The molecule has 1 aliphatic rings. The Labute approximate surface area is 227 Å². The molecule has 3 rings (SSSR count). The third-order valence-electron chi connectivity index (χ3n) is 6.49. The number of likely N-dealkylation sites (tertiary alicyclic amines) is 1. The first kappa shape index (κ1) is 29.3. The minimum atomic E-state index is -3.55. The fourth-order valence-corrected chi connectivity index (χ4v) is 6.53. The molecule has 0 bridgehead atoms. The molecule has 0 saturated carbocycles. The van der Waals surface area contributed by atoms with Gasteiger partial charge < -0.3 is 9.80 Å². The SMILES string of the molecule is CCCN(CC(=O)N(Cc1ccc(F)cc1)C1CCN(C(=O)c2cccc(Br)c2)CC1)S(=O)(=O)CCC. The van der Waals surface area contributed by atoms with E-state index in [1.807, 2.05) is 19.1 Å². The van der Waals surface area contributed by atoms with E-state index < -0.39 is 10.0 Å². The molecule has 10 heteroatoms. The number of amides is 2. The van der Waals surface area contributed by atoms with Crippen LogP contribution in [0.25, 0.3) is 0 Å². The van der Waals surface area contributed by atoms with Crippen LogP contribution < -0.4 is 0 Å². The van der Waals surface area contributed by atoms with Crippen molar-refractivity contribution in [1.82, 2.24) is 14.1 Å². The quantitative estimate of drug-likeness (QED) is 0.378. The number of piperidine rings is 1. The zero-order valence-electron chi connectivity index (χ0n) is 21.4. The molecule has 0 N–H and O–H groups in total. The molecular weight excluding hydrogens is 561 g/mol. The summed E-state index contributed by atoms with van der Waals surface area (Å²) in [4.78, 5) is 30.1. The molecule has 0 unspecified atom stereocenters. The van der Waals surface area contributed by atoms with Crippen molar-refractivity contribution in [3.63, 3.8) is 0 Å². The highest BCUT2D eigenvalue weighted by atomic mass is 79.9. The lowest BCUT2D eigenvalue weighted by atomic mass is 10.0. The van der Waals surface area contributed by atoms with Gasteiger partial charge in [0.1, 0.15) is 5.82 Å². The van der Waals surface area contributed by atoms with Gasteiger partial charge in [0.25, 0.3) is 5.91 Å². The molecule has 1 fully saturated rings. The first-order chi connectivity index (χ1) is 17.6. The third kappa shape index (κ3) is 8.09. The van der Waals surface area contributed by atoms with E-state index in [1.165, 1.54) is 16.4 Å². The Morgan fingerprint density at radius 1 is 1.05 bits per heavy atom. The van der Waals surface area contributed by atoms with Crippen LogP contribution in [0.15, 0.2) is 53.0 Å². The van der Waals surface area contributed by atoms with Crippen LogP contribution in [-0.4, -0.2) is 72.3 Å². The van der Waals surface area contributed by atoms with E-state index in [-0.39, 0.29) is 49.1 Å². The van der Waals surface area contributed by atoms with Crippen molar-refractivity contribution < 1.29 is 22.4 Å². The molecule has 0 radical (unpaired) electrons. The average molecular weight is 597 g/mol. The number of sulfonamides is 1. The first-order valence-electron chi connectivity index (χ1n) is 12.7. The Balaban J connectivity index is 1.77. The summed E-state index contributed by atoms with van der Waals surface area (Å²) in [6.07, 6.45) is 2.22. The summed E-state index contributed by atoms with van der Waals surface area (Å²) in [6.45, 7) is 4.94. The fourth-order valence-electron chi connectivity index (χ4n) is 4.59. The molecule has 1 aliphatic heterocycles. The van der Waals surface area contributed by atoms with Crippen molar-refractivity contribution in [1.29, 1.82) is 0 Å². The maximum atomic E-state index is 13.6. The highest BCUT2D eigenvalue weighted by molar-refractivity contribution is 9.10. The van der Waals surface area contributed by atoms with Crippen molar-refractivity contribution in [2.45, 2.75) is 52.1 Å². The summed E-state index contributed by atoms with van der Waals surface area (Å²) in [5.41, 5.74) is 1.37. The summed E-state index contributed by atoms with van der Waals surface area (Å²) >= 11 is 3.40. The van der Waals surface area contributed by atoms with Gasteiger partial charge in [0.15, 0.2) is 0 Å². The Bertz CT molecular complexity index is 1170. The van der Waals surface area contributed by atoms with Crippen molar-refractivity contribution in [3.8, 4) is 0 Å². The van der Waals surface area contributed by atoms with Crippen LogP contribution >= 0.6 is 15.9 Å². The molecule has 1 heterocycles. The lowest BCUT2D eigenvalue weighted by molar-refractivity contribution is -0.135. The van der Waals surface area contributed by atoms with E-state index in [1.54, 1.807) is 41.0 Å². The van der Waals surface area contributed by atoms with Crippen molar-refractivity contribution >= 4 is 37.8 Å². The summed E-state index contributed by atoms with van der Waals surface area (Å²) in [5.74, 6) is -0.708. The summed E-state index contributed by atoms with van der Waals surface area (Å²) in [7, 11) is -3.55. The van der Waals surface area contributed by atoms with E-state index in [2.05, 4.69) is 15.9 Å². The Hall–Kier alpha value is -2.30. The molecule has 0 aromatic heterocycles. The Kier molecular flexibility index (Phi) is 10.7. The van der Waals surface area contributed by atoms with Crippen LogP contribution in [0.2, 0.25) is 0 Å². The van der Waals surface area contributed by atoms with Crippen molar-refractivity contribution in [2.75, 3.05) is 31.9 Å². The number of hydrogen-bond donors (Lipinski definition) is 0. The van der Waals surface area contributed by atoms with Gasteiger partial charge in [0.05, 0.1) is 12.3 Å². The van der Waals surface area contributed by atoms with Crippen LogP contribution in [0, 0.1) is 5.82 Å². The number of nitrogens with zero attached hydrogens (tertiary/aromatic N) is 3. The zero-order chi connectivity index (χ0) is 27.0. The third-order valence-corrected chi connectivity index (χ3v) is 9.01. The number of carbonyl (C=O) groups is 2. The molecule has 0 atom stereocenters. The number of hydrogen-bond acceptors (Lipinski definition) is 4. The van der Waals surface area contributed by atoms with Gasteiger partial charge in [-0.1, -0.05) is 48.0 Å². The molecule has 2 amide bonds. The van der Waals surface area contributed by atoms with Gasteiger partial charge in [-0.3, -0.25) is 9.59 Å². The van der Waals surface area contributed by atoms with Gasteiger partial charge in [-0.25, -0.2) is 12.8 Å². The number of halogens is 2. The standard InChI is InChI=1S/C27H35BrFN3O4S/c1-3-14-31(37(35,36)17-4-2)20-26(33)32(19-21-8-10-24(29)11-9-21)25-12-15-30(16-13-25)27(34)22-6-5-7-23(28)18-22/h5-11,18,25H,3-4,12-17,19-20H2,1-2H3. The number of benzene rings is 2. The highest BCUT2D eigenvalue weighted by Gasteiger charge is 2.32. The van der Waals surface area contributed by atoms with Gasteiger partial charge in [-0.15, -0.1) is 0 Å². The zero-order valence-corrected chi connectivity index (χ0v) is 23.8. The van der Waals surface area contributed by atoms with E-state index in [0.29, 0.717) is 44.3 Å². The topological polar surface area (TPSA) is 78.0 Å². The highest BCUT2D eigenvalue weighted by Crippen LogP contribution is 2.23. The molecule has 7 nitrogen and oxygen atoms in total. The summed E-state index contributed by atoms with van der Waals surface area (Å²) in [6, 6.07) is 13.1. The molecule has 2 aromatic carbocycles. The van der Waals surface area contributed by atoms with E-state index in [4.69, 9.17) is 0 Å². The minimum Gasteiger partial charge on any atom is -0.338 e. The van der Waals surface area contributed by atoms with Crippen LogP contribution in [-0.2, 0) is 21.4 Å². The van der Waals surface area contributed by atoms with Gasteiger partial charge in [0.2, 0.25) is 15.9 Å². The summed E-state index contributed by atoms with van der Waals surface area (Å²) < 4.78 is 41.2. The Morgan fingerprint density at radius 2 is 1.73 bits per heavy atom. The maximum absolute atomic E-state index is 13.6. The number of carbonyl (C=O) groups excluding carboxylic acids is 2. The molecule has 202 valence electrons. The first-order valence-corrected chi connectivity index (χ1v) is 15.1. The molecule has 2 aromatic rings. The van der Waals surface area contributed by atoms with E-state index in [0.717, 1.165) is 10.0 Å². The van der Waals surface area contributed by atoms with Gasteiger partial charge >= 0.3 is 0 Å². The van der Waals surface area contributed by atoms with E-state index >= 15 is 0 Å². The van der Waals surface area contributed by atoms with Crippen LogP contribution in [0.4, 0.5) is 4.39 Å². The predicted octanol–water partition coefficient (Wildman–Crippen LogP) is 4.67. The Morgan fingerprint density at radius 3 is 2.32 bits per heavy atom. The lowest BCUT2D eigenvalue weighted by Gasteiger charge is -2.39. The largest absolute Gasteiger partial charge is 0.338 e. The lowest BCUT2D eigenvalue weighted by Crippen LogP contribution is -2.51. The molecular formula is C27H35BrFN3O4S. The van der Waals surface area contributed by atoms with Crippen LogP contribution in [0.1, 0.15) is 55.5 Å². The van der Waals surface area contributed by atoms with E-state index in [9.17, 15) is 22.4 Å². The maximum Gasteiger partial charge on any atom is 0.253 e. The smallest absolute Gasteiger partial charge is 0.253 e. The van der Waals surface area contributed by atoms with Crippen molar-refractivity contribution in [2.24, 2.45) is 0 Å². The fraction of sp³-hybridized carbons (Fsp3) is 0.481.